The summed E-state index contributed by atoms with van der Waals surface area (Å²) in [6, 6.07) is 0. The van der Waals surface area contributed by atoms with Gasteiger partial charge in [-0.1, -0.05) is 11.3 Å². The number of hydrogen-bond donors (Lipinski definition) is 1. The average molecular weight is 195 g/mol. The molecule has 0 saturated heterocycles. The lowest BCUT2D eigenvalue weighted by Crippen LogP contribution is -1.99. The van der Waals surface area contributed by atoms with Gasteiger partial charge in [0.25, 0.3) is 0 Å². The van der Waals surface area contributed by atoms with Crippen LogP contribution in [0.1, 0.15) is 22.3 Å². The van der Waals surface area contributed by atoms with E-state index < -0.39 is 0 Å². The molecule has 0 aliphatic rings. The Morgan fingerprint density at radius 2 is 2.38 bits per heavy atom. The number of Topliss-reactive ketones (excluding diaryl/α,β-unsaturated/α-hetero) is 1. The second-order valence-corrected chi connectivity index (χ2v) is 3.87. The maximum absolute atomic E-state index is 11.1. The second kappa shape index (κ2) is 2.56. The van der Waals surface area contributed by atoms with Crippen LogP contribution in [0.5, 0.6) is 0 Å². The van der Waals surface area contributed by atoms with E-state index in [0.29, 0.717) is 10.7 Å². The van der Waals surface area contributed by atoms with Crippen molar-refractivity contribution < 1.29 is 4.79 Å². The molecule has 0 aliphatic carbocycles. The molecule has 0 saturated carbocycles. The Morgan fingerprint density at radius 1 is 1.69 bits per heavy atom. The molecule has 5 heteroatoms. The summed E-state index contributed by atoms with van der Waals surface area (Å²) in [5.41, 5.74) is 6.75. The Bertz CT molecular complexity index is 483. The van der Waals surface area contributed by atoms with E-state index >= 15 is 0 Å². The van der Waals surface area contributed by atoms with E-state index in [-0.39, 0.29) is 5.78 Å². The lowest BCUT2D eigenvalue weighted by atomic mass is 10.3. The number of imidazole rings is 1. The molecule has 0 spiro atoms. The van der Waals surface area contributed by atoms with Gasteiger partial charge in [-0.15, -0.1) is 0 Å². The number of aromatic nitrogens is 2. The van der Waals surface area contributed by atoms with Crippen LogP contribution in [0.2, 0.25) is 0 Å². The summed E-state index contributed by atoms with van der Waals surface area (Å²) in [5.74, 6) is 0.495. The van der Waals surface area contributed by atoms with Gasteiger partial charge in [-0.05, 0) is 6.92 Å². The Kier molecular flexibility index (Phi) is 1.63. The number of rotatable bonds is 1. The van der Waals surface area contributed by atoms with Gasteiger partial charge >= 0.3 is 0 Å². The highest BCUT2D eigenvalue weighted by Gasteiger charge is 2.14. The molecule has 2 rings (SSSR count). The molecule has 0 unspecified atom stereocenters. The van der Waals surface area contributed by atoms with Gasteiger partial charge in [-0.2, -0.15) is 0 Å². The first-order valence-corrected chi connectivity index (χ1v) is 4.66. The lowest BCUT2D eigenvalue weighted by Gasteiger charge is -1.94. The van der Waals surface area contributed by atoms with Crippen molar-refractivity contribution in [2.75, 3.05) is 5.73 Å². The normalized spacial score (nSPS) is 10.9. The van der Waals surface area contributed by atoms with Gasteiger partial charge in [-0.3, -0.25) is 9.20 Å². The molecule has 2 aromatic heterocycles. The third-order valence-corrected chi connectivity index (χ3v) is 3.06. The van der Waals surface area contributed by atoms with Crippen LogP contribution in [0.25, 0.3) is 4.96 Å². The minimum absolute atomic E-state index is 0.00704. The van der Waals surface area contributed by atoms with E-state index in [4.69, 9.17) is 5.73 Å². The van der Waals surface area contributed by atoms with Crippen LogP contribution in [0.4, 0.5) is 5.82 Å². The van der Waals surface area contributed by atoms with Crippen LogP contribution in [-0.4, -0.2) is 15.2 Å². The molecule has 68 valence electrons. The Balaban J connectivity index is 2.82. The van der Waals surface area contributed by atoms with Gasteiger partial charge in [0.15, 0.2) is 10.7 Å². The van der Waals surface area contributed by atoms with E-state index in [2.05, 4.69) is 4.98 Å². The molecule has 2 heterocycles. The number of nitrogens with zero attached hydrogens (tertiary/aromatic N) is 2. The van der Waals surface area contributed by atoms with Crippen molar-refractivity contribution in [2.24, 2.45) is 0 Å². The number of anilines is 1. The van der Waals surface area contributed by atoms with Crippen molar-refractivity contribution in [3.8, 4) is 0 Å². The summed E-state index contributed by atoms with van der Waals surface area (Å²) in [6.07, 6.45) is 1.74. The van der Waals surface area contributed by atoms with E-state index in [0.717, 1.165) is 10.7 Å². The van der Waals surface area contributed by atoms with Gasteiger partial charge in [0.05, 0.1) is 0 Å². The van der Waals surface area contributed by atoms with Gasteiger partial charge in [0.1, 0.15) is 10.7 Å². The van der Waals surface area contributed by atoms with Crippen LogP contribution in [0.3, 0.4) is 0 Å². The number of carbonyl (C=O) groups is 1. The standard InChI is InChI=1S/C8H9N3OS/c1-4-3-10-8-11(4)7(9)6(13-8)5(2)12/h3H,9H2,1-2H3. The zero-order chi connectivity index (χ0) is 9.59. The molecule has 2 N–H and O–H groups in total. The molecule has 0 bridgehead atoms. The zero-order valence-corrected chi connectivity index (χ0v) is 8.18. The molecule has 13 heavy (non-hydrogen) atoms. The fourth-order valence-electron chi connectivity index (χ4n) is 1.28. The summed E-state index contributed by atoms with van der Waals surface area (Å²) in [5, 5.41) is 0. The summed E-state index contributed by atoms with van der Waals surface area (Å²) in [4.78, 5) is 16.6. The van der Waals surface area contributed by atoms with E-state index in [1.807, 2.05) is 6.92 Å². The number of ketones is 1. The second-order valence-electron chi connectivity index (χ2n) is 2.89. The van der Waals surface area contributed by atoms with Crippen LogP contribution in [-0.2, 0) is 0 Å². The minimum Gasteiger partial charge on any atom is -0.383 e. The van der Waals surface area contributed by atoms with Crippen molar-refractivity contribution in [2.45, 2.75) is 13.8 Å². The third-order valence-electron chi connectivity index (χ3n) is 1.89. The minimum atomic E-state index is -0.00704. The molecule has 2 aromatic rings. The lowest BCUT2D eigenvalue weighted by molar-refractivity contribution is 0.102. The summed E-state index contributed by atoms with van der Waals surface area (Å²) in [7, 11) is 0. The molecular weight excluding hydrogens is 186 g/mol. The van der Waals surface area contributed by atoms with Crippen LogP contribution in [0.15, 0.2) is 6.20 Å². The number of thiazole rings is 1. The summed E-state index contributed by atoms with van der Waals surface area (Å²) < 4.78 is 1.79. The summed E-state index contributed by atoms with van der Waals surface area (Å²) in [6.45, 7) is 3.42. The Morgan fingerprint density at radius 3 is 2.92 bits per heavy atom. The van der Waals surface area contributed by atoms with Crippen molar-refractivity contribution >= 4 is 27.9 Å². The average Bonchev–Trinajstić information content (AvgIpc) is 2.55. The SMILES string of the molecule is CC(=O)c1sc2ncc(C)n2c1N. The number of nitrogens with two attached hydrogens (primary N) is 1. The maximum atomic E-state index is 11.1. The van der Waals surface area contributed by atoms with Crippen LogP contribution in [0, 0.1) is 6.92 Å². The highest BCUT2D eigenvalue weighted by molar-refractivity contribution is 7.19. The van der Waals surface area contributed by atoms with E-state index in [9.17, 15) is 4.79 Å². The molecule has 0 aromatic carbocycles. The Hall–Kier alpha value is -1.36. The van der Waals surface area contributed by atoms with Crippen molar-refractivity contribution in [3.63, 3.8) is 0 Å². The van der Waals surface area contributed by atoms with Gasteiger partial charge in [0.2, 0.25) is 0 Å². The number of carbonyl (C=O) groups excluding carboxylic acids is 1. The topological polar surface area (TPSA) is 60.4 Å². The van der Waals surface area contributed by atoms with E-state index in [1.54, 1.807) is 10.6 Å². The quantitative estimate of drug-likeness (QED) is 0.701. The molecule has 4 nitrogen and oxygen atoms in total. The predicted octanol–water partition coefficient (Wildman–Crippen LogP) is 1.49. The first-order valence-electron chi connectivity index (χ1n) is 3.84. The van der Waals surface area contributed by atoms with Gasteiger partial charge < -0.3 is 5.73 Å². The third kappa shape index (κ3) is 1.04. The maximum Gasteiger partial charge on any atom is 0.196 e. The first kappa shape index (κ1) is 8.25. The first-order chi connectivity index (χ1) is 6.11. The predicted molar refractivity (Wildman–Crippen MR) is 52.2 cm³/mol. The van der Waals surface area contributed by atoms with Crippen LogP contribution >= 0.6 is 11.3 Å². The fraction of sp³-hybridized carbons (Fsp3) is 0.250. The smallest absolute Gasteiger partial charge is 0.196 e. The number of nitrogen functional groups attached to an aromatic ring is 1. The number of hydrogen-bond acceptors (Lipinski definition) is 4. The Labute approximate surface area is 79.0 Å². The largest absolute Gasteiger partial charge is 0.383 e. The van der Waals surface area contributed by atoms with Gasteiger partial charge in [-0.25, -0.2) is 4.98 Å². The summed E-state index contributed by atoms with van der Waals surface area (Å²) >= 11 is 1.33. The molecule has 0 atom stereocenters. The van der Waals surface area contributed by atoms with E-state index in [1.165, 1.54) is 18.3 Å². The zero-order valence-electron chi connectivity index (χ0n) is 7.37. The van der Waals surface area contributed by atoms with Crippen LogP contribution < -0.4 is 5.73 Å². The fourth-order valence-corrected chi connectivity index (χ4v) is 2.24. The molecule has 0 fully saturated rings. The monoisotopic (exact) mass is 195 g/mol. The molecule has 0 amide bonds. The molecule has 0 radical (unpaired) electrons. The van der Waals surface area contributed by atoms with Crippen molar-refractivity contribution in [3.05, 3.63) is 16.8 Å². The molecule has 0 aliphatic heterocycles. The van der Waals surface area contributed by atoms with Gasteiger partial charge in [0, 0.05) is 18.8 Å². The highest BCUT2D eigenvalue weighted by Crippen LogP contribution is 2.26. The number of aryl methyl sites for hydroxylation is 1. The number of fused-ring (bicyclic) bond motifs is 1. The van der Waals surface area contributed by atoms with Crippen molar-refractivity contribution in [1.29, 1.82) is 0 Å². The highest BCUT2D eigenvalue weighted by atomic mass is 32.1. The van der Waals surface area contributed by atoms with Crippen molar-refractivity contribution in [1.82, 2.24) is 9.38 Å². The molecular formula is C8H9N3OS.